The molecule has 1 aliphatic rings. The first-order valence-corrected chi connectivity index (χ1v) is 11.5. The lowest BCUT2D eigenvalue weighted by molar-refractivity contribution is 0.0983. The van der Waals surface area contributed by atoms with Gasteiger partial charge in [-0.15, -0.1) is 0 Å². The third-order valence-corrected chi connectivity index (χ3v) is 6.54. The number of rotatable bonds is 7. The van der Waals surface area contributed by atoms with Crippen LogP contribution in [0.4, 0.5) is 10.2 Å². The predicted molar refractivity (Wildman–Crippen MR) is 130 cm³/mol. The van der Waals surface area contributed by atoms with E-state index in [0.717, 1.165) is 19.3 Å². The molecular weight excluding hydrogens is 480 g/mol. The van der Waals surface area contributed by atoms with E-state index in [-0.39, 0.29) is 16.4 Å². The van der Waals surface area contributed by atoms with Gasteiger partial charge in [0, 0.05) is 35.0 Å². The third kappa shape index (κ3) is 4.86. The highest BCUT2D eigenvalue weighted by molar-refractivity contribution is 6.34. The van der Waals surface area contributed by atoms with Crippen LogP contribution in [-0.2, 0) is 0 Å². The maximum atomic E-state index is 14.4. The Kier molecular flexibility index (Phi) is 7.05. The van der Waals surface area contributed by atoms with E-state index in [1.807, 2.05) is 0 Å². The monoisotopic (exact) mass is 501 g/mol. The van der Waals surface area contributed by atoms with E-state index in [9.17, 15) is 14.0 Å². The average Bonchev–Trinajstić information content (AvgIpc) is 2.77. The molecule has 0 unspecified atom stereocenters. The zero-order valence-electron chi connectivity index (χ0n) is 18.4. The van der Waals surface area contributed by atoms with Gasteiger partial charge in [-0.05, 0) is 55.2 Å². The Balaban J connectivity index is 1.74. The highest BCUT2D eigenvalue weighted by Crippen LogP contribution is 2.36. The van der Waals surface area contributed by atoms with Crippen molar-refractivity contribution in [3.8, 4) is 16.9 Å². The second kappa shape index (κ2) is 9.99. The fourth-order valence-corrected chi connectivity index (χ4v) is 4.15. The first-order chi connectivity index (χ1) is 16.3. The number of benzene rings is 2. The molecular formula is C25H22Cl2FN3O3. The first kappa shape index (κ1) is 24.0. The Bertz CT molecular complexity index is 1240. The second-order valence-corrected chi connectivity index (χ2v) is 8.99. The summed E-state index contributed by atoms with van der Waals surface area (Å²) in [5, 5.41) is 0.396. The zero-order chi connectivity index (χ0) is 24.4. The lowest BCUT2D eigenvalue weighted by Crippen LogP contribution is -2.29. The van der Waals surface area contributed by atoms with Gasteiger partial charge in [-0.3, -0.25) is 14.5 Å². The molecule has 34 heavy (non-hydrogen) atoms. The topological polar surface area (TPSA) is 85.5 Å². The second-order valence-electron chi connectivity index (χ2n) is 8.17. The molecule has 0 saturated heterocycles. The van der Waals surface area contributed by atoms with Gasteiger partial charge < -0.3 is 10.5 Å². The summed E-state index contributed by atoms with van der Waals surface area (Å²) in [4.78, 5) is 30.4. The van der Waals surface area contributed by atoms with Gasteiger partial charge in [-0.25, -0.2) is 9.37 Å². The number of ether oxygens (including phenoxy) is 1. The summed E-state index contributed by atoms with van der Waals surface area (Å²) >= 11 is 12.5. The number of nitrogens with zero attached hydrogens (tertiary/aromatic N) is 2. The highest BCUT2D eigenvalue weighted by Gasteiger charge is 2.26. The Hall–Kier alpha value is -3.16. The molecule has 0 radical (unpaired) electrons. The molecule has 1 saturated carbocycles. The lowest BCUT2D eigenvalue weighted by Gasteiger charge is -2.27. The molecule has 1 heterocycles. The summed E-state index contributed by atoms with van der Waals surface area (Å²) in [6.07, 6.45) is 4.78. The minimum atomic E-state index is -0.729. The number of nitrogens with two attached hydrogens (primary N) is 1. The molecule has 1 aliphatic carbocycles. The molecule has 0 bridgehead atoms. The molecule has 1 fully saturated rings. The van der Waals surface area contributed by atoms with Crippen molar-refractivity contribution in [2.75, 3.05) is 18.6 Å². The maximum absolute atomic E-state index is 14.4. The molecule has 4 rings (SSSR count). The number of carbonyl (C=O) groups excluding carboxylic acids is 2. The van der Waals surface area contributed by atoms with Crippen LogP contribution in [-0.4, -0.2) is 30.5 Å². The number of carbonyl (C=O) groups is 2. The quantitative estimate of drug-likeness (QED) is 0.446. The average molecular weight is 502 g/mol. The van der Waals surface area contributed by atoms with Crippen molar-refractivity contribution < 1.29 is 18.7 Å². The first-order valence-electron chi connectivity index (χ1n) is 10.7. The number of anilines is 1. The summed E-state index contributed by atoms with van der Waals surface area (Å²) < 4.78 is 20.5. The third-order valence-electron chi connectivity index (χ3n) is 5.89. The van der Waals surface area contributed by atoms with Crippen LogP contribution in [0.5, 0.6) is 5.75 Å². The molecule has 2 amide bonds. The molecule has 3 aromatic rings. The largest absolute Gasteiger partial charge is 0.489 e. The minimum Gasteiger partial charge on any atom is -0.489 e. The number of primary amides is 1. The molecule has 2 N–H and O–H groups in total. The summed E-state index contributed by atoms with van der Waals surface area (Å²) in [5.41, 5.74) is 6.57. The lowest BCUT2D eigenvalue weighted by atomic mass is 9.86. The van der Waals surface area contributed by atoms with Gasteiger partial charge in [0.25, 0.3) is 5.91 Å². The smallest absolute Gasteiger partial charge is 0.263 e. The van der Waals surface area contributed by atoms with Crippen LogP contribution in [0.1, 0.15) is 40.0 Å². The number of hydrogen-bond acceptors (Lipinski definition) is 4. The fraction of sp³-hybridized carbons (Fsp3) is 0.240. The molecule has 6 nitrogen and oxygen atoms in total. The fourth-order valence-electron chi connectivity index (χ4n) is 3.68. The van der Waals surface area contributed by atoms with E-state index < -0.39 is 17.6 Å². The van der Waals surface area contributed by atoms with Crippen LogP contribution in [0, 0.1) is 11.7 Å². The Morgan fingerprint density at radius 2 is 1.94 bits per heavy atom. The number of aromatic nitrogens is 1. The zero-order valence-corrected chi connectivity index (χ0v) is 19.9. The Morgan fingerprint density at radius 1 is 1.18 bits per heavy atom. The Morgan fingerprint density at radius 3 is 2.59 bits per heavy atom. The summed E-state index contributed by atoms with van der Waals surface area (Å²) in [5.74, 6) is -1.03. The number of pyridine rings is 1. The van der Waals surface area contributed by atoms with E-state index in [1.54, 1.807) is 18.2 Å². The molecule has 0 aliphatic heterocycles. The minimum absolute atomic E-state index is 0.000421. The SMILES string of the molecule is CN(C(=O)c1c(F)cccc1Cl)c1ncc(-c2cc(C(N)=O)ccc2Cl)cc1OCC1CCC1. The molecule has 2 aromatic carbocycles. The van der Waals surface area contributed by atoms with Gasteiger partial charge >= 0.3 is 0 Å². The van der Waals surface area contributed by atoms with E-state index in [1.165, 1.54) is 42.4 Å². The van der Waals surface area contributed by atoms with Crippen molar-refractivity contribution in [1.29, 1.82) is 0 Å². The van der Waals surface area contributed by atoms with Crippen LogP contribution in [0.25, 0.3) is 11.1 Å². The molecule has 0 atom stereocenters. The van der Waals surface area contributed by atoms with Gasteiger partial charge in [0.1, 0.15) is 5.82 Å². The Labute approximate surface area is 206 Å². The van der Waals surface area contributed by atoms with Crippen LogP contribution in [0.15, 0.2) is 48.7 Å². The van der Waals surface area contributed by atoms with Crippen molar-refractivity contribution in [3.05, 3.63) is 75.7 Å². The van der Waals surface area contributed by atoms with Gasteiger partial charge in [0.2, 0.25) is 5.91 Å². The van der Waals surface area contributed by atoms with E-state index >= 15 is 0 Å². The number of amides is 2. The normalized spacial score (nSPS) is 13.3. The van der Waals surface area contributed by atoms with Gasteiger partial charge in [0.15, 0.2) is 11.6 Å². The van der Waals surface area contributed by atoms with Crippen molar-refractivity contribution in [3.63, 3.8) is 0 Å². The van der Waals surface area contributed by atoms with E-state index in [4.69, 9.17) is 33.7 Å². The van der Waals surface area contributed by atoms with Gasteiger partial charge in [0.05, 0.1) is 17.2 Å². The van der Waals surface area contributed by atoms with Gasteiger partial charge in [-0.2, -0.15) is 0 Å². The number of halogens is 3. The molecule has 176 valence electrons. The maximum Gasteiger partial charge on any atom is 0.263 e. The van der Waals surface area contributed by atoms with Crippen LogP contribution >= 0.6 is 23.2 Å². The summed E-state index contributed by atoms with van der Waals surface area (Å²) in [6, 6.07) is 10.4. The van der Waals surface area contributed by atoms with Crippen molar-refractivity contribution >= 4 is 40.8 Å². The van der Waals surface area contributed by atoms with Crippen molar-refractivity contribution in [2.45, 2.75) is 19.3 Å². The van der Waals surface area contributed by atoms with E-state index in [0.29, 0.717) is 40.0 Å². The standard InChI is InChI=1S/C25H22Cl2FN3O3/c1-31(25(33)22-19(27)6-3-7-20(22)28)24-21(34-13-14-4-2-5-14)11-16(12-30-24)17-10-15(23(29)32)8-9-18(17)26/h3,6-12,14H,2,4-5,13H2,1H3,(H2,29,32). The molecule has 9 heteroatoms. The highest BCUT2D eigenvalue weighted by atomic mass is 35.5. The van der Waals surface area contributed by atoms with Crippen LogP contribution < -0.4 is 15.4 Å². The summed E-state index contributed by atoms with van der Waals surface area (Å²) in [6.45, 7) is 0.454. The molecule has 1 aromatic heterocycles. The van der Waals surface area contributed by atoms with E-state index in [2.05, 4.69) is 4.98 Å². The van der Waals surface area contributed by atoms with Crippen molar-refractivity contribution in [2.24, 2.45) is 11.7 Å². The van der Waals surface area contributed by atoms with Gasteiger partial charge in [-0.1, -0.05) is 35.7 Å². The molecule has 0 spiro atoms. The summed E-state index contributed by atoms with van der Waals surface area (Å²) in [7, 11) is 1.48. The van der Waals surface area contributed by atoms with Crippen LogP contribution in [0.3, 0.4) is 0 Å². The van der Waals surface area contributed by atoms with Crippen LogP contribution in [0.2, 0.25) is 10.0 Å². The van der Waals surface area contributed by atoms with Crippen molar-refractivity contribution in [1.82, 2.24) is 4.98 Å². The predicted octanol–water partition coefficient (Wildman–Crippen LogP) is 5.75. The number of hydrogen-bond donors (Lipinski definition) is 1.